The number of aromatic nitrogens is 1. The fourth-order valence-corrected chi connectivity index (χ4v) is 3.69. The number of aromatic amines is 1. The van der Waals surface area contributed by atoms with Crippen molar-refractivity contribution in [2.45, 2.75) is 12.3 Å². The van der Waals surface area contributed by atoms with Crippen LogP contribution in [-0.2, 0) is 11.2 Å². The van der Waals surface area contributed by atoms with Crippen molar-refractivity contribution in [2.24, 2.45) is 0 Å². The largest absolute Gasteiger partial charge is 0.497 e. The standard InChI is InChI=1S/C25H24N2O2/c1-29-20-13-11-19(12-14-20)22(23-17-26-24-10-6-5-9-21(23)24)16-27-25(28)15-18-7-3-2-4-8-18/h2-14,17,22,26H,15-16H2,1H3,(H,27,28). The molecule has 1 unspecified atom stereocenters. The first-order chi connectivity index (χ1) is 14.2. The lowest BCUT2D eigenvalue weighted by molar-refractivity contribution is -0.120. The summed E-state index contributed by atoms with van der Waals surface area (Å²) >= 11 is 0. The van der Waals surface area contributed by atoms with Crippen molar-refractivity contribution in [2.75, 3.05) is 13.7 Å². The minimum atomic E-state index is 0.0227. The lowest BCUT2D eigenvalue weighted by Crippen LogP contribution is -2.30. The van der Waals surface area contributed by atoms with Gasteiger partial charge in [0.2, 0.25) is 5.91 Å². The molecule has 29 heavy (non-hydrogen) atoms. The van der Waals surface area contributed by atoms with E-state index >= 15 is 0 Å². The molecule has 1 aromatic heterocycles. The summed E-state index contributed by atoms with van der Waals surface area (Å²) in [5.74, 6) is 0.880. The summed E-state index contributed by atoms with van der Waals surface area (Å²) in [6, 6.07) is 26.1. The van der Waals surface area contributed by atoms with Gasteiger partial charge in [-0.3, -0.25) is 4.79 Å². The van der Waals surface area contributed by atoms with Gasteiger partial charge in [-0.1, -0.05) is 60.7 Å². The minimum absolute atomic E-state index is 0.0227. The van der Waals surface area contributed by atoms with Crippen LogP contribution in [0, 0.1) is 0 Å². The van der Waals surface area contributed by atoms with Gasteiger partial charge in [0.25, 0.3) is 0 Å². The molecule has 0 aliphatic heterocycles. The van der Waals surface area contributed by atoms with Crippen molar-refractivity contribution >= 4 is 16.8 Å². The van der Waals surface area contributed by atoms with Gasteiger partial charge < -0.3 is 15.0 Å². The Morgan fingerprint density at radius 3 is 2.45 bits per heavy atom. The number of amides is 1. The maximum Gasteiger partial charge on any atom is 0.224 e. The zero-order chi connectivity index (χ0) is 20.1. The normalized spacial score (nSPS) is 11.9. The smallest absolute Gasteiger partial charge is 0.224 e. The molecule has 2 N–H and O–H groups in total. The van der Waals surface area contributed by atoms with E-state index in [0.717, 1.165) is 22.4 Å². The Morgan fingerprint density at radius 1 is 0.966 bits per heavy atom. The summed E-state index contributed by atoms with van der Waals surface area (Å²) in [7, 11) is 1.66. The van der Waals surface area contributed by atoms with Crippen LogP contribution in [0.4, 0.5) is 0 Å². The molecule has 4 rings (SSSR count). The van der Waals surface area contributed by atoms with Crippen molar-refractivity contribution in [1.82, 2.24) is 10.3 Å². The predicted octanol–water partition coefficient (Wildman–Crippen LogP) is 4.67. The quantitative estimate of drug-likeness (QED) is 0.487. The highest BCUT2D eigenvalue weighted by Gasteiger charge is 2.19. The van der Waals surface area contributed by atoms with E-state index in [4.69, 9.17) is 4.74 Å². The van der Waals surface area contributed by atoms with Gasteiger partial charge in [0.1, 0.15) is 5.75 Å². The van der Waals surface area contributed by atoms with Crippen LogP contribution in [0.15, 0.2) is 85.1 Å². The monoisotopic (exact) mass is 384 g/mol. The molecule has 0 aliphatic rings. The summed E-state index contributed by atoms with van der Waals surface area (Å²) in [4.78, 5) is 15.9. The number of H-pyrrole nitrogens is 1. The maximum atomic E-state index is 12.5. The lowest BCUT2D eigenvalue weighted by Gasteiger charge is -2.19. The molecule has 1 atom stereocenters. The molecular weight excluding hydrogens is 360 g/mol. The number of nitrogens with one attached hydrogen (secondary N) is 2. The van der Waals surface area contributed by atoms with Gasteiger partial charge in [-0.25, -0.2) is 0 Å². The van der Waals surface area contributed by atoms with Crippen LogP contribution in [-0.4, -0.2) is 24.5 Å². The molecular formula is C25H24N2O2. The number of para-hydroxylation sites is 1. The summed E-state index contributed by atoms with van der Waals surface area (Å²) in [6.07, 6.45) is 2.42. The average molecular weight is 384 g/mol. The number of hydrogen-bond acceptors (Lipinski definition) is 2. The zero-order valence-electron chi connectivity index (χ0n) is 16.4. The molecule has 4 heteroatoms. The Morgan fingerprint density at radius 2 is 1.69 bits per heavy atom. The molecule has 146 valence electrons. The first-order valence-corrected chi connectivity index (χ1v) is 9.75. The predicted molar refractivity (Wildman–Crippen MR) is 116 cm³/mol. The Hall–Kier alpha value is -3.53. The molecule has 1 heterocycles. The summed E-state index contributed by atoms with van der Waals surface area (Å²) in [5.41, 5.74) is 4.41. The molecule has 4 aromatic rings. The third kappa shape index (κ3) is 4.32. The number of hydrogen-bond donors (Lipinski definition) is 2. The van der Waals surface area contributed by atoms with Crippen LogP contribution < -0.4 is 10.1 Å². The van der Waals surface area contributed by atoms with Crippen LogP contribution in [0.3, 0.4) is 0 Å². The Labute approximate surface area is 170 Å². The molecule has 0 saturated carbocycles. The molecule has 4 nitrogen and oxygen atoms in total. The number of carbonyl (C=O) groups excluding carboxylic acids is 1. The number of ether oxygens (including phenoxy) is 1. The molecule has 0 fully saturated rings. The van der Waals surface area contributed by atoms with E-state index < -0.39 is 0 Å². The van der Waals surface area contributed by atoms with E-state index in [2.05, 4.69) is 34.6 Å². The second-order valence-electron chi connectivity index (χ2n) is 7.08. The number of carbonyl (C=O) groups is 1. The van der Waals surface area contributed by atoms with E-state index in [1.54, 1.807) is 7.11 Å². The zero-order valence-corrected chi connectivity index (χ0v) is 16.4. The van der Waals surface area contributed by atoms with Crippen molar-refractivity contribution < 1.29 is 9.53 Å². The Kier molecular flexibility index (Phi) is 5.61. The van der Waals surface area contributed by atoms with Crippen molar-refractivity contribution in [1.29, 1.82) is 0 Å². The Balaban J connectivity index is 1.58. The molecule has 0 aliphatic carbocycles. The van der Waals surface area contributed by atoms with E-state index in [1.165, 1.54) is 10.9 Å². The lowest BCUT2D eigenvalue weighted by atomic mass is 9.90. The van der Waals surface area contributed by atoms with Crippen molar-refractivity contribution in [3.8, 4) is 5.75 Å². The number of fused-ring (bicyclic) bond motifs is 1. The fraction of sp³-hybridized carbons (Fsp3) is 0.160. The van der Waals surface area contributed by atoms with E-state index in [0.29, 0.717) is 13.0 Å². The second-order valence-corrected chi connectivity index (χ2v) is 7.08. The number of rotatable bonds is 7. The van der Waals surface area contributed by atoms with E-state index in [9.17, 15) is 4.79 Å². The van der Waals surface area contributed by atoms with Gasteiger partial charge in [0, 0.05) is 29.6 Å². The molecule has 0 spiro atoms. The first kappa shape index (κ1) is 18.8. The van der Waals surface area contributed by atoms with Crippen LogP contribution >= 0.6 is 0 Å². The van der Waals surface area contributed by atoms with E-state index in [-0.39, 0.29) is 11.8 Å². The van der Waals surface area contributed by atoms with Crippen LogP contribution in [0.1, 0.15) is 22.6 Å². The topological polar surface area (TPSA) is 54.1 Å². The minimum Gasteiger partial charge on any atom is -0.497 e. The Bertz CT molecular complexity index is 1080. The van der Waals surface area contributed by atoms with Gasteiger partial charge in [0.15, 0.2) is 0 Å². The van der Waals surface area contributed by atoms with E-state index in [1.807, 2.05) is 60.8 Å². The highest BCUT2D eigenvalue weighted by molar-refractivity contribution is 5.84. The third-order valence-corrected chi connectivity index (χ3v) is 5.23. The molecule has 0 saturated heterocycles. The van der Waals surface area contributed by atoms with Gasteiger partial charge in [-0.15, -0.1) is 0 Å². The van der Waals surface area contributed by atoms with Gasteiger partial charge in [0.05, 0.1) is 13.5 Å². The maximum absolute atomic E-state index is 12.5. The van der Waals surface area contributed by atoms with Gasteiger partial charge in [-0.2, -0.15) is 0 Å². The van der Waals surface area contributed by atoms with Crippen LogP contribution in [0.2, 0.25) is 0 Å². The molecule has 3 aromatic carbocycles. The molecule has 0 radical (unpaired) electrons. The molecule has 0 bridgehead atoms. The molecule has 1 amide bonds. The number of methoxy groups -OCH3 is 1. The number of benzene rings is 3. The first-order valence-electron chi connectivity index (χ1n) is 9.75. The van der Waals surface area contributed by atoms with Crippen LogP contribution in [0.25, 0.3) is 10.9 Å². The van der Waals surface area contributed by atoms with Gasteiger partial charge in [-0.05, 0) is 34.9 Å². The summed E-state index contributed by atoms with van der Waals surface area (Å²) in [6.45, 7) is 0.528. The summed E-state index contributed by atoms with van der Waals surface area (Å²) in [5, 5.41) is 4.30. The average Bonchev–Trinajstić information content (AvgIpc) is 3.19. The highest BCUT2D eigenvalue weighted by Crippen LogP contribution is 2.31. The third-order valence-electron chi connectivity index (χ3n) is 5.23. The van der Waals surface area contributed by atoms with Crippen molar-refractivity contribution in [3.05, 3.63) is 102 Å². The summed E-state index contributed by atoms with van der Waals surface area (Å²) < 4.78 is 5.30. The van der Waals surface area contributed by atoms with Crippen molar-refractivity contribution in [3.63, 3.8) is 0 Å². The SMILES string of the molecule is COc1ccc(C(CNC(=O)Cc2ccccc2)c2c[nH]c3ccccc23)cc1. The van der Waals surface area contributed by atoms with Gasteiger partial charge >= 0.3 is 0 Å². The second kappa shape index (κ2) is 8.65. The fourth-order valence-electron chi connectivity index (χ4n) is 3.69. The van der Waals surface area contributed by atoms with Crippen LogP contribution in [0.5, 0.6) is 5.75 Å². The highest BCUT2D eigenvalue weighted by atomic mass is 16.5.